The molecule has 2 amide bonds. The highest BCUT2D eigenvalue weighted by Gasteiger charge is 2.34. The molecule has 1 saturated heterocycles. The molecule has 6 nitrogen and oxygen atoms in total. The van der Waals surface area contributed by atoms with Crippen molar-refractivity contribution in [2.24, 2.45) is 0 Å². The summed E-state index contributed by atoms with van der Waals surface area (Å²) in [5.41, 5.74) is 1.56. The van der Waals surface area contributed by atoms with Crippen LogP contribution in [0.1, 0.15) is 33.9 Å². The van der Waals surface area contributed by atoms with Crippen LogP contribution in [0.2, 0.25) is 0 Å². The zero-order chi connectivity index (χ0) is 18.5. The van der Waals surface area contributed by atoms with E-state index in [9.17, 15) is 9.59 Å². The number of thiazole rings is 1. The highest BCUT2D eigenvalue weighted by molar-refractivity contribution is 7.09. The van der Waals surface area contributed by atoms with Gasteiger partial charge in [-0.05, 0) is 44.0 Å². The number of benzene rings is 1. The maximum absolute atomic E-state index is 12.8. The molecule has 1 N–H and O–H groups in total. The van der Waals surface area contributed by atoms with Crippen molar-refractivity contribution < 1.29 is 14.3 Å². The molecule has 1 aliphatic heterocycles. The van der Waals surface area contributed by atoms with Crippen LogP contribution in [0.4, 0.5) is 0 Å². The van der Waals surface area contributed by atoms with E-state index in [1.54, 1.807) is 47.6 Å². The fraction of sp³-hybridized carbons (Fsp3) is 0.421. The maximum atomic E-state index is 12.8. The Morgan fingerprint density at radius 3 is 2.77 bits per heavy atom. The van der Waals surface area contributed by atoms with Gasteiger partial charge in [-0.3, -0.25) is 9.59 Å². The Kier molecular flexibility index (Phi) is 5.88. The number of aryl methyl sites for hydroxylation is 1. The summed E-state index contributed by atoms with van der Waals surface area (Å²) >= 11 is 1.61. The third-order valence-corrected chi connectivity index (χ3v) is 5.32. The van der Waals surface area contributed by atoms with Crippen molar-refractivity contribution in [2.75, 3.05) is 20.2 Å². The summed E-state index contributed by atoms with van der Waals surface area (Å²) in [4.78, 5) is 31.4. The minimum Gasteiger partial charge on any atom is -0.497 e. The van der Waals surface area contributed by atoms with Crippen LogP contribution in [0.3, 0.4) is 0 Å². The fourth-order valence-corrected chi connectivity index (χ4v) is 3.78. The monoisotopic (exact) mass is 373 g/mol. The van der Waals surface area contributed by atoms with E-state index in [0.717, 1.165) is 17.1 Å². The fourth-order valence-electron chi connectivity index (χ4n) is 3.14. The van der Waals surface area contributed by atoms with Crippen LogP contribution in [-0.4, -0.2) is 47.9 Å². The van der Waals surface area contributed by atoms with E-state index in [1.165, 1.54) is 0 Å². The Hall–Kier alpha value is -2.41. The average Bonchev–Trinajstić information content (AvgIpc) is 3.30. The molecule has 2 heterocycles. The quantitative estimate of drug-likeness (QED) is 0.844. The van der Waals surface area contributed by atoms with Crippen LogP contribution in [0, 0.1) is 6.92 Å². The smallest absolute Gasteiger partial charge is 0.254 e. The number of hydrogen-bond donors (Lipinski definition) is 1. The molecule has 0 bridgehead atoms. The van der Waals surface area contributed by atoms with E-state index < -0.39 is 6.04 Å². The third-order valence-electron chi connectivity index (χ3n) is 4.50. The van der Waals surface area contributed by atoms with Gasteiger partial charge in [-0.25, -0.2) is 4.98 Å². The zero-order valence-electron chi connectivity index (χ0n) is 15.0. The predicted octanol–water partition coefficient (Wildman–Crippen LogP) is 2.42. The molecule has 0 radical (unpaired) electrons. The van der Waals surface area contributed by atoms with Crippen LogP contribution < -0.4 is 10.1 Å². The molecule has 1 aromatic heterocycles. The topological polar surface area (TPSA) is 71.5 Å². The van der Waals surface area contributed by atoms with Gasteiger partial charge < -0.3 is 15.0 Å². The Bertz CT molecular complexity index is 773. The molecule has 2 aromatic rings. The van der Waals surface area contributed by atoms with Gasteiger partial charge >= 0.3 is 0 Å². The molecule has 1 aliphatic rings. The van der Waals surface area contributed by atoms with Gasteiger partial charge in [-0.15, -0.1) is 11.3 Å². The number of amides is 2. The first-order valence-electron chi connectivity index (χ1n) is 8.72. The number of likely N-dealkylation sites (tertiary alicyclic amines) is 1. The van der Waals surface area contributed by atoms with Crippen molar-refractivity contribution in [3.05, 3.63) is 45.9 Å². The van der Waals surface area contributed by atoms with Gasteiger partial charge in [0.2, 0.25) is 5.91 Å². The number of hydrogen-bond acceptors (Lipinski definition) is 5. The minimum absolute atomic E-state index is 0.0867. The number of rotatable bonds is 6. The van der Waals surface area contributed by atoms with Crippen LogP contribution in [0.25, 0.3) is 0 Å². The molecule has 138 valence electrons. The highest BCUT2D eigenvalue weighted by atomic mass is 32.1. The van der Waals surface area contributed by atoms with Gasteiger partial charge in [0.05, 0.1) is 17.8 Å². The second kappa shape index (κ2) is 8.31. The first kappa shape index (κ1) is 18.4. The van der Waals surface area contributed by atoms with E-state index >= 15 is 0 Å². The SMILES string of the molecule is COc1ccc(C(=O)N2CCC[C@@H]2C(=O)NCCc2csc(C)n2)cc1. The van der Waals surface area contributed by atoms with Crippen molar-refractivity contribution in [1.29, 1.82) is 0 Å². The molecule has 0 unspecified atom stereocenters. The van der Waals surface area contributed by atoms with Gasteiger partial charge in [-0.1, -0.05) is 0 Å². The second-order valence-corrected chi connectivity index (χ2v) is 7.35. The normalized spacial score (nSPS) is 16.5. The maximum Gasteiger partial charge on any atom is 0.254 e. The number of methoxy groups -OCH3 is 1. The van der Waals surface area contributed by atoms with E-state index in [-0.39, 0.29) is 11.8 Å². The van der Waals surface area contributed by atoms with Crippen LogP contribution in [0.15, 0.2) is 29.6 Å². The summed E-state index contributed by atoms with van der Waals surface area (Å²) in [6.07, 6.45) is 2.24. The molecule has 1 fully saturated rings. The van der Waals surface area contributed by atoms with E-state index in [1.807, 2.05) is 12.3 Å². The second-order valence-electron chi connectivity index (χ2n) is 6.28. The van der Waals surface area contributed by atoms with Gasteiger partial charge in [0.15, 0.2) is 0 Å². The molecule has 0 saturated carbocycles. The van der Waals surface area contributed by atoms with E-state index in [0.29, 0.717) is 37.2 Å². The van der Waals surface area contributed by atoms with Crippen LogP contribution >= 0.6 is 11.3 Å². The van der Waals surface area contributed by atoms with Crippen LogP contribution in [0.5, 0.6) is 5.75 Å². The molecule has 3 rings (SSSR count). The number of carbonyl (C=O) groups excluding carboxylic acids is 2. The van der Waals surface area contributed by atoms with Crippen molar-refractivity contribution in [3.63, 3.8) is 0 Å². The highest BCUT2D eigenvalue weighted by Crippen LogP contribution is 2.21. The lowest BCUT2D eigenvalue weighted by molar-refractivity contribution is -0.124. The molecule has 26 heavy (non-hydrogen) atoms. The summed E-state index contributed by atoms with van der Waals surface area (Å²) in [5, 5.41) is 5.99. The zero-order valence-corrected chi connectivity index (χ0v) is 15.8. The van der Waals surface area contributed by atoms with Crippen molar-refractivity contribution in [1.82, 2.24) is 15.2 Å². The Labute approximate surface area is 157 Å². The molecule has 1 aromatic carbocycles. The largest absolute Gasteiger partial charge is 0.497 e. The Morgan fingerprint density at radius 1 is 1.35 bits per heavy atom. The van der Waals surface area contributed by atoms with Crippen molar-refractivity contribution in [2.45, 2.75) is 32.2 Å². The lowest BCUT2D eigenvalue weighted by Gasteiger charge is -2.24. The first-order chi connectivity index (χ1) is 12.6. The number of ether oxygens (including phenoxy) is 1. The number of nitrogens with one attached hydrogen (secondary N) is 1. The summed E-state index contributed by atoms with van der Waals surface area (Å²) in [6, 6.07) is 6.59. The Morgan fingerprint density at radius 2 is 2.12 bits per heavy atom. The lowest BCUT2D eigenvalue weighted by Crippen LogP contribution is -2.46. The lowest BCUT2D eigenvalue weighted by atomic mass is 10.1. The third kappa shape index (κ3) is 4.22. The summed E-state index contributed by atoms with van der Waals surface area (Å²) in [7, 11) is 1.59. The summed E-state index contributed by atoms with van der Waals surface area (Å²) in [6.45, 7) is 3.10. The van der Waals surface area contributed by atoms with Gasteiger partial charge in [0, 0.05) is 30.5 Å². The minimum atomic E-state index is -0.401. The van der Waals surface area contributed by atoms with Crippen molar-refractivity contribution in [3.8, 4) is 5.75 Å². The molecular formula is C19H23N3O3S. The van der Waals surface area contributed by atoms with E-state index in [2.05, 4.69) is 10.3 Å². The number of carbonyl (C=O) groups is 2. The number of aromatic nitrogens is 1. The summed E-state index contributed by atoms with van der Waals surface area (Å²) in [5.74, 6) is 0.506. The van der Waals surface area contributed by atoms with Crippen LogP contribution in [-0.2, 0) is 11.2 Å². The van der Waals surface area contributed by atoms with E-state index in [4.69, 9.17) is 4.74 Å². The van der Waals surface area contributed by atoms with Gasteiger partial charge in [0.1, 0.15) is 11.8 Å². The molecular weight excluding hydrogens is 350 g/mol. The number of nitrogens with zero attached hydrogens (tertiary/aromatic N) is 2. The first-order valence-corrected chi connectivity index (χ1v) is 9.60. The van der Waals surface area contributed by atoms with Gasteiger partial charge in [-0.2, -0.15) is 0 Å². The standard InChI is InChI=1S/C19H23N3O3S/c1-13-21-15(12-26-13)9-10-20-18(23)17-4-3-11-22(17)19(24)14-5-7-16(25-2)8-6-14/h5-8,12,17H,3-4,9-11H2,1-2H3,(H,20,23)/t17-/m1/s1. The van der Waals surface area contributed by atoms with Crippen molar-refractivity contribution >= 4 is 23.2 Å². The van der Waals surface area contributed by atoms with Gasteiger partial charge in [0.25, 0.3) is 5.91 Å². The molecule has 1 atom stereocenters. The molecule has 0 spiro atoms. The Balaban J connectivity index is 1.57. The predicted molar refractivity (Wildman–Crippen MR) is 101 cm³/mol. The summed E-state index contributed by atoms with van der Waals surface area (Å²) < 4.78 is 5.12. The molecule has 0 aliphatic carbocycles. The average molecular weight is 373 g/mol. The molecule has 7 heteroatoms.